The van der Waals surface area contributed by atoms with Crippen molar-refractivity contribution in [2.75, 3.05) is 75.0 Å². The predicted octanol–water partition coefficient (Wildman–Crippen LogP) is 8.55. The zero-order valence-electron chi connectivity index (χ0n) is 39.3. The summed E-state index contributed by atoms with van der Waals surface area (Å²) >= 11 is 0. The fourth-order valence-corrected chi connectivity index (χ4v) is 10.3. The molecule has 0 aromatic heterocycles. The second-order valence-corrected chi connectivity index (χ2v) is 18.1. The average molecular weight is 924 g/mol. The number of fused-ring (bicyclic) bond motifs is 8. The maximum Gasteiger partial charge on any atom is 0.303 e. The van der Waals surface area contributed by atoms with E-state index in [4.69, 9.17) is 28.4 Å². The van der Waals surface area contributed by atoms with E-state index in [1.165, 1.54) is 11.1 Å². The van der Waals surface area contributed by atoms with E-state index < -0.39 is 5.97 Å². The SMILES string of the molecule is COCCOCCOCCN(CCCC(=O)O)c1cc(COc2cc3c(cc2C)C(=O)N2c4ccccc4C[C@H]2CC3)cc(COc2cc3c(cc2OC)C(=O)N2c4ccccc4C[C@H]2CC3)c1. The van der Waals surface area contributed by atoms with Gasteiger partial charge in [0.05, 0.1) is 40.1 Å². The quantitative estimate of drug-likeness (QED) is 0.0710. The molecule has 68 heavy (non-hydrogen) atoms. The van der Waals surface area contributed by atoms with Crippen LogP contribution < -0.4 is 28.9 Å². The number of carboxylic acid groups (broad SMARTS) is 1. The molecule has 0 saturated heterocycles. The van der Waals surface area contributed by atoms with E-state index in [1.54, 1.807) is 14.2 Å². The summed E-state index contributed by atoms with van der Waals surface area (Å²) in [5.74, 6) is 0.896. The number of amides is 2. The molecule has 13 nitrogen and oxygen atoms in total. The highest BCUT2D eigenvalue weighted by molar-refractivity contribution is 6.10. The molecule has 4 heterocycles. The number of hydrogen-bond donors (Lipinski definition) is 1. The number of aliphatic carboxylic acids is 1. The number of hydrogen-bond acceptors (Lipinski definition) is 10. The fourth-order valence-electron chi connectivity index (χ4n) is 10.3. The van der Waals surface area contributed by atoms with Gasteiger partial charge in [0, 0.05) is 66.9 Å². The van der Waals surface area contributed by atoms with Crippen molar-refractivity contribution < 1.29 is 47.9 Å². The Morgan fingerprint density at radius 2 is 1.21 bits per heavy atom. The average Bonchev–Trinajstić information content (AvgIpc) is 3.84. The molecule has 1 N–H and O–H groups in total. The van der Waals surface area contributed by atoms with Gasteiger partial charge >= 0.3 is 5.97 Å². The first-order valence-corrected chi connectivity index (χ1v) is 23.9. The van der Waals surface area contributed by atoms with Gasteiger partial charge in [0.15, 0.2) is 11.5 Å². The van der Waals surface area contributed by atoms with Gasteiger partial charge in [-0.1, -0.05) is 36.4 Å². The van der Waals surface area contributed by atoms with E-state index in [1.807, 2.05) is 77.4 Å². The van der Waals surface area contributed by atoms with Gasteiger partial charge in [-0.25, -0.2) is 0 Å². The Balaban J connectivity index is 0.970. The van der Waals surface area contributed by atoms with Crippen LogP contribution in [0, 0.1) is 6.92 Å². The number of carboxylic acids is 1. The Hall–Kier alpha value is -6.41. The highest BCUT2D eigenvalue weighted by atomic mass is 16.5. The number of nitrogens with zero attached hydrogens (tertiary/aromatic N) is 3. The molecule has 2 atom stereocenters. The van der Waals surface area contributed by atoms with Crippen molar-refractivity contribution in [1.29, 1.82) is 0 Å². The normalized spacial score (nSPS) is 16.8. The summed E-state index contributed by atoms with van der Waals surface area (Å²) in [6.07, 6.45) is 5.35. The molecule has 356 valence electrons. The standard InChI is InChI=1S/C55H61N3O10/c1-36-25-46-39(14-16-43-29-41-9-4-6-11-48(41)57(43)54(46)61)31-50(36)67-34-37-26-38(28-45(27-37)56(18-8-13-53(59)60)19-20-65-23-24-66-22-21-63-2)35-68-52-32-40-15-17-44-30-42-10-5-7-12-49(42)58(44)55(62)47(40)33-51(52)64-3/h4-7,9-12,25-28,31-33,43-44H,8,13-24,29-30,34-35H2,1-3H3,(H,59,60)/t43-,44-/m1/s1. The lowest BCUT2D eigenvalue weighted by molar-refractivity contribution is -0.137. The van der Waals surface area contributed by atoms with Crippen molar-refractivity contribution in [2.45, 2.75) is 83.6 Å². The Morgan fingerprint density at radius 1 is 0.647 bits per heavy atom. The Kier molecular flexibility index (Phi) is 14.6. The van der Waals surface area contributed by atoms with Crippen LogP contribution in [0.5, 0.6) is 17.2 Å². The molecule has 2 amide bonds. The number of rotatable bonds is 21. The van der Waals surface area contributed by atoms with Crippen molar-refractivity contribution in [3.05, 3.63) is 141 Å². The molecule has 5 aromatic rings. The molecule has 0 saturated carbocycles. The first-order valence-electron chi connectivity index (χ1n) is 23.9. The smallest absolute Gasteiger partial charge is 0.303 e. The molecule has 0 unspecified atom stereocenters. The van der Waals surface area contributed by atoms with Gasteiger partial charge in [0.25, 0.3) is 11.8 Å². The number of carbonyl (C=O) groups excluding carboxylic acids is 2. The van der Waals surface area contributed by atoms with E-state index in [0.717, 1.165) is 94.7 Å². The number of aryl methyl sites for hydroxylation is 3. The molecule has 0 spiro atoms. The van der Waals surface area contributed by atoms with Gasteiger partial charge in [-0.15, -0.1) is 0 Å². The van der Waals surface area contributed by atoms with Gasteiger partial charge in [-0.3, -0.25) is 14.4 Å². The molecule has 5 aromatic carbocycles. The van der Waals surface area contributed by atoms with Gasteiger partial charge < -0.3 is 48.2 Å². The van der Waals surface area contributed by atoms with Gasteiger partial charge in [0.1, 0.15) is 19.0 Å². The minimum atomic E-state index is -0.852. The van der Waals surface area contributed by atoms with E-state index in [-0.39, 0.29) is 43.5 Å². The van der Waals surface area contributed by atoms with Crippen LogP contribution in [0.1, 0.15) is 85.3 Å². The zero-order valence-corrected chi connectivity index (χ0v) is 39.3. The third-order valence-electron chi connectivity index (χ3n) is 13.6. The minimum Gasteiger partial charge on any atom is -0.493 e. The monoisotopic (exact) mass is 923 g/mol. The lowest BCUT2D eigenvalue weighted by atomic mass is 9.98. The van der Waals surface area contributed by atoms with Crippen LogP contribution in [-0.2, 0) is 57.9 Å². The molecular formula is C55H61N3O10. The number of benzene rings is 5. The summed E-state index contributed by atoms with van der Waals surface area (Å²) in [7, 11) is 3.22. The van der Waals surface area contributed by atoms with E-state index in [2.05, 4.69) is 35.2 Å². The van der Waals surface area contributed by atoms with Gasteiger partial charge in [-0.2, -0.15) is 0 Å². The van der Waals surface area contributed by atoms with Crippen LogP contribution in [0.4, 0.5) is 17.1 Å². The lowest BCUT2D eigenvalue weighted by Crippen LogP contribution is -2.36. The van der Waals surface area contributed by atoms with E-state index >= 15 is 0 Å². The number of anilines is 3. The highest BCUT2D eigenvalue weighted by Crippen LogP contribution is 2.42. The van der Waals surface area contributed by atoms with Crippen molar-refractivity contribution in [3.8, 4) is 17.2 Å². The maximum absolute atomic E-state index is 14.2. The minimum absolute atomic E-state index is 0.0253. The van der Waals surface area contributed by atoms with Gasteiger partial charge in [0.2, 0.25) is 0 Å². The lowest BCUT2D eigenvalue weighted by Gasteiger charge is -2.26. The summed E-state index contributed by atoms with van der Waals surface area (Å²) in [6, 6.07) is 30.6. The Labute approximate surface area is 398 Å². The largest absolute Gasteiger partial charge is 0.493 e. The number of carbonyl (C=O) groups is 3. The fraction of sp³-hybridized carbons (Fsp3) is 0.400. The number of para-hydroxylation sites is 2. The number of ether oxygens (including phenoxy) is 6. The molecule has 0 bridgehead atoms. The van der Waals surface area contributed by atoms with Crippen LogP contribution in [-0.4, -0.2) is 95.3 Å². The predicted molar refractivity (Wildman–Crippen MR) is 260 cm³/mol. The van der Waals surface area contributed by atoms with Crippen molar-refractivity contribution in [3.63, 3.8) is 0 Å². The molecule has 0 fully saturated rings. The van der Waals surface area contributed by atoms with Crippen molar-refractivity contribution in [1.82, 2.24) is 0 Å². The summed E-state index contributed by atoms with van der Waals surface area (Å²) in [5.41, 5.74) is 11.2. The van der Waals surface area contributed by atoms with Crippen LogP contribution >= 0.6 is 0 Å². The summed E-state index contributed by atoms with van der Waals surface area (Å²) < 4.78 is 35.7. The molecule has 4 aliphatic heterocycles. The molecule has 0 radical (unpaired) electrons. The summed E-state index contributed by atoms with van der Waals surface area (Å²) in [4.78, 5) is 46.0. The van der Waals surface area contributed by atoms with Crippen LogP contribution in [0.3, 0.4) is 0 Å². The Morgan fingerprint density at radius 3 is 1.81 bits per heavy atom. The second kappa shape index (κ2) is 21.3. The zero-order chi connectivity index (χ0) is 47.1. The van der Waals surface area contributed by atoms with Crippen molar-refractivity contribution in [2.24, 2.45) is 0 Å². The van der Waals surface area contributed by atoms with Gasteiger partial charge in [-0.05, 0) is 145 Å². The number of methoxy groups -OCH3 is 2. The molecule has 0 aliphatic carbocycles. The highest BCUT2D eigenvalue weighted by Gasteiger charge is 2.39. The molecule has 13 heteroatoms. The van der Waals surface area contributed by atoms with Crippen LogP contribution in [0.25, 0.3) is 0 Å². The Bertz CT molecular complexity index is 2650. The second-order valence-electron chi connectivity index (χ2n) is 18.1. The first-order chi connectivity index (χ1) is 33.2. The summed E-state index contributed by atoms with van der Waals surface area (Å²) in [6.45, 7) is 5.65. The maximum atomic E-state index is 14.2. The van der Waals surface area contributed by atoms with E-state index in [9.17, 15) is 19.5 Å². The molecular weight excluding hydrogens is 863 g/mol. The summed E-state index contributed by atoms with van der Waals surface area (Å²) in [5, 5.41) is 9.56. The van der Waals surface area contributed by atoms with Crippen molar-refractivity contribution >= 4 is 34.8 Å². The van der Waals surface area contributed by atoms with E-state index in [0.29, 0.717) is 69.6 Å². The third-order valence-corrected chi connectivity index (χ3v) is 13.6. The first kappa shape index (κ1) is 46.7. The topological polar surface area (TPSA) is 137 Å². The van der Waals surface area contributed by atoms with Crippen LogP contribution in [0.15, 0.2) is 91.0 Å². The third kappa shape index (κ3) is 10.2. The molecule has 9 rings (SSSR count). The molecule has 4 aliphatic rings. The van der Waals surface area contributed by atoms with Crippen LogP contribution in [0.2, 0.25) is 0 Å².